The number of rotatable bonds is 5. The molecule has 1 aliphatic heterocycles. The van der Waals surface area contributed by atoms with Crippen molar-refractivity contribution >= 4 is 23.3 Å². The standard InChI is InChI=1S/C19H23N5O2/c1-3-23-7-9-24(10-8-23)18(26)16-12-20-19(21-13-16)22-17-6-4-5-15(11-17)14(2)25/h4-6,11-13H,3,7-10H2,1-2H3,(H,20,21,22). The van der Waals surface area contributed by atoms with Crippen LogP contribution in [0.3, 0.4) is 0 Å². The maximum absolute atomic E-state index is 12.6. The summed E-state index contributed by atoms with van der Waals surface area (Å²) in [5.74, 6) is 0.350. The van der Waals surface area contributed by atoms with Gasteiger partial charge in [-0.3, -0.25) is 9.59 Å². The van der Waals surface area contributed by atoms with E-state index in [1.54, 1.807) is 30.6 Å². The second-order valence-corrected chi connectivity index (χ2v) is 6.28. The zero-order valence-corrected chi connectivity index (χ0v) is 15.1. The quantitative estimate of drug-likeness (QED) is 0.830. The van der Waals surface area contributed by atoms with E-state index in [-0.39, 0.29) is 11.7 Å². The third-order valence-electron chi connectivity index (χ3n) is 4.53. The minimum Gasteiger partial charge on any atom is -0.336 e. The Balaban J connectivity index is 1.64. The zero-order chi connectivity index (χ0) is 18.5. The SMILES string of the molecule is CCN1CCN(C(=O)c2cnc(Nc3cccc(C(C)=O)c3)nc2)CC1. The number of ketones is 1. The molecule has 136 valence electrons. The van der Waals surface area contributed by atoms with E-state index in [4.69, 9.17) is 0 Å². The first-order valence-corrected chi connectivity index (χ1v) is 8.78. The third kappa shape index (κ3) is 4.23. The van der Waals surface area contributed by atoms with E-state index in [9.17, 15) is 9.59 Å². The molecular weight excluding hydrogens is 330 g/mol. The Morgan fingerprint density at radius 2 is 1.77 bits per heavy atom. The van der Waals surface area contributed by atoms with Gasteiger partial charge < -0.3 is 15.1 Å². The van der Waals surface area contributed by atoms with Gasteiger partial charge in [0.05, 0.1) is 5.56 Å². The Morgan fingerprint density at radius 1 is 1.08 bits per heavy atom. The molecule has 2 heterocycles. The Labute approximate surface area is 153 Å². The Bertz CT molecular complexity index is 783. The molecule has 1 fully saturated rings. The lowest BCUT2D eigenvalue weighted by Crippen LogP contribution is -2.48. The van der Waals surface area contributed by atoms with Gasteiger partial charge in [-0.05, 0) is 25.6 Å². The fraction of sp³-hybridized carbons (Fsp3) is 0.368. The van der Waals surface area contributed by atoms with Gasteiger partial charge >= 0.3 is 0 Å². The summed E-state index contributed by atoms with van der Waals surface area (Å²) in [6, 6.07) is 7.14. The summed E-state index contributed by atoms with van der Waals surface area (Å²) in [6.45, 7) is 7.91. The third-order valence-corrected chi connectivity index (χ3v) is 4.53. The van der Waals surface area contributed by atoms with Crippen LogP contribution in [0.15, 0.2) is 36.7 Å². The molecule has 0 bridgehead atoms. The highest BCUT2D eigenvalue weighted by atomic mass is 16.2. The molecule has 1 aliphatic rings. The number of Topliss-reactive ketones (excluding diaryl/α,β-unsaturated/α-hetero) is 1. The van der Waals surface area contributed by atoms with Crippen LogP contribution in [0.5, 0.6) is 0 Å². The van der Waals surface area contributed by atoms with E-state index in [0.29, 0.717) is 17.1 Å². The van der Waals surface area contributed by atoms with Gasteiger partial charge in [-0.15, -0.1) is 0 Å². The van der Waals surface area contributed by atoms with Crippen molar-refractivity contribution in [3.8, 4) is 0 Å². The molecule has 0 spiro atoms. The fourth-order valence-corrected chi connectivity index (χ4v) is 2.90. The largest absolute Gasteiger partial charge is 0.336 e. The number of hydrogen-bond donors (Lipinski definition) is 1. The van der Waals surface area contributed by atoms with E-state index >= 15 is 0 Å². The van der Waals surface area contributed by atoms with Crippen LogP contribution in [0, 0.1) is 0 Å². The second kappa shape index (κ2) is 8.05. The molecule has 0 unspecified atom stereocenters. The van der Waals surface area contributed by atoms with Crippen molar-refractivity contribution in [1.82, 2.24) is 19.8 Å². The van der Waals surface area contributed by atoms with Crippen LogP contribution in [0.25, 0.3) is 0 Å². The van der Waals surface area contributed by atoms with E-state index in [1.165, 1.54) is 6.92 Å². The number of carbonyl (C=O) groups is 2. The Kier molecular flexibility index (Phi) is 5.58. The van der Waals surface area contributed by atoms with E-state index in [1.807, 2.05) is 11.0 Å². The fourth-order valence-electron chi connectivity index (χ4n) is 2.90. The van der Waals surface area contributed by atoms with Crippen LogP contribution in [0.1, 0.15) is 34.6 Å². The van der Waals surface area contributed by atoms with Crippen molar-refractivity contribution in [2.75, 3.05) is 38.0 Å². The monoisotopic (exact) mass is 353 g/mol. The van der Waals surface area contributed by atoms with Crippen LogP contribution < -0.4 is 5.32 Å². The highest BCUT2D eigenvalue weighted by molar-refractivity contribution is 5.95. The summed E-state index contributed by atoms with van der Waals surface area (Å²) in [5.41, 5.74) is 1.83. The molecule has 1 N–H and O–H groups in total. The highest BCUT2D eigenvalue weighted by Gasteiger charge is 2.21. The normalized spacial score (nSPS) is 14.9. The molecule has 0 atom stereocenters. The topological polar surface area (TPSA) is 78.4 Å². The summed E-state index contributed by atoms with van der Waals surface area (Å²) in [4.78, 5) is 36.6. The van der Waals surface area contributed by atoms with Crippen LogP contribution in [-0.4, -0.2) is 64.2 Å². The van der Waals surface area contributed by atoms with Crippen molar-refractivity contribution < 1.29 is 9.59 Å². The molecule has 0 aliphatic carbocycles. The predicted octanol–water partition coefficient (Wildman–Crippen LogP) is 2.20. The van der Waals surface area contributed by atoms with Gasteiger partial charge in [0.25, 0.3) is 5.91 Å². The number of piperazine rings is 1. The maximum Gasteiger partial charge on any atom is 0.257 e. The van der Waals surface area contributed by atoms with Crippen LogP contribution in [0.4, 0.5) is 11.6 Å². The van der Waals surface area contributed by atoms with Gasteiger partial charge in [-0.2, -0.15) is 0 Å². The first kappa shape index (κ1) is 18.0. The minimum atomic E-state index is -0.0362. The van der Waals surface area contributed by atoms with Crippen molar-refractivity contribution in [2.24, 2.45) is 0 Å². The number of benzene rings is 1. The van der Waals surface area contributed by atoms with Gasteiger partial charge in [0.15, 0.2) is 5.78 Å². The van der Waals surface area contributed by atoms with Crippen molar-refractivity contribution in [3.63, 3.8) is 0 Å². The van der Waals surface area contributed by atoms with Crippen molar-refractivity contribution in [3.05, 3.63) is 47.8 Å². The molecule has 0 radical (unpaired) electrons. The van der Waals surface area contributed by atoms with Gasteiger partial charge in [0, 0.05) is 49.8 Å². The maximum atomic E-state index is 12.6. The molecule has 1 aromatic heterocycles. The number of nitrogens with one attached hydrogen (secondary N) is 1. The van der Waals surface area contributed by atoms with Gasteiger partial charge in [0.1, 0.15) is 0 Å². The smallest absolute Gasteiger partial charge is 0.257 e. The zero-order valence-electron chi connectivity index (χ0n) is 15.1. The number of anilines is 2. The molecule has 1 aromatic carbocycles. The van der Waals surface area contributed by atoms with Gasteiger partial charge in [-0.25, -0.2) is 9.97 Å². The lowest BCUT2D eigenvalue weighted by Gasteiger charge is -2.33. The van der Waals surface area contributed by atoms with E-state index in [2.05, 4.69) is 27.1 Å². The van der Waals surface area contributed by atoms with E-state index in [0.717, 1.165) is 38.4 Å². The molecule has 7 nitrogen and oxygen atoms in total. The molecule has 3 rings (SSSR count). The minimum absolute atomic E-state index is 0.00122. The van der Waals surface area contributed by atoms with Gasteiger partial charge in [0.2, 0.25) is 5.95 Å². The summed E-state index contributed by atoms with van der Waals surface area (Å²) in [7, 11) is 0. The Hall–Kier alpha value is -2.80. The highest BCUT2D eigenvalue weighted by Crippen LogP contribution is 2.15. The molecule has 26 heavy (non-hydrogen) atoms. The number of likely N-dealkylation sites (N-methyl/N-ethyl adjacent to an activating group) is 1. The number of nitrogens with zero attached hydrogens (tertiary/aromatic N) is 4. The predicted molar refractivity (Wildman–Crippen MR) is 99.8 cm³/mol. The molecule has 1 amide bonds. The van der Waals surface area contributed by atoms with Gasteiger partial charge in [-0.1, -0.05) is 19.1 Å². The second-order valence-electron chi connectivity index (χ2n) is 6.28. The first-order valence-electron chi connectivity index (χ1n) is 8.78. The lowest BCUT2D eigenvalue weighted by atomic mass is 10.1. The van der Waals surface area contributed by atoms with E-state index < -0.39 is 0 Å². The molecule has 2 aromatic rings. The lowest BCUT2D eigenvalue weighted by molar-refractivity contribution is 0.0642. The summed E-state index contributed by atoms with van der Waals surface area (Å²) < 4.78 is 0. The number of aromatic nitrogens is 2. The van der Waals surface area contributed by atoms with Crippen molar-refractivity contribution in [1.29, 1.82) is 0 Å². The summed E-state index contributed by atoms with van der Waals surface area (Å²) >= 11 is 0. The molecule has 0 saturated carbocycles. The first-order chi connectivity index (χ1) is 12.6. The molecular formula is C19H23N5O2. The van der Waals surface area contributed by atoms with Crippen LogP contribution >= 0.6 is 0 Å². The average Bonchev–Trinajstić information content (AvgIpc) is 2.68. The molecule has 7 heteroatoms. The Morgan fingerprint density at radius 3 is 2.38 bits per heavy atom. The molecule has 1 saturated heterocycles. The van der Waals surface area contributed by atoms with Crippen LogP contribution in [-0.2, 0) is 0 Å². The number of hydrogen-bond acceptors (Lipinski definition) is 6. The average molecular weight is 353 g/mol. The summed E-state index contributed by atoms with van der Waals surface area (Å²) in [6.07, 6.45) is 3.08. The van der Waals surface area contributed by atoms with Crippen LogP contribution in [0.2, 0.25) is 0 Å². The number of amides is 1. The summed E-state index contributed by atoms with van der Waals surface area (Å²) in [5, 5.41) is 3.05. The number of carbonyl (C=O) groups excluding carboxylic acids is 2. The van der Waals surface area contributed by atoms with Crippen molar-refractivity contribution in [2.45, 2.75) is 13.8 Å².